The van der Waals surface area contributed by atoms with Gasteiger partial charge in [0.15, 0.2) is 5.78 Å². The minimum Gasteiger partial charge on any atom is -0.507 e. The van der Waals surface area contributed by atoms with E-state index in [1.165, 1.54) is 6.92 Å². The first kappa shape index (κ1) is 26.3. The van der Waals surface area contributed by atoms with Gasteiger partial charge in [0.05, 0.1) is 6.54 Å². The molecule has 1 amide bonds. The Labute approximate surface area is 201 Å². The molecule has 2 heterocycles. The number of pyridine rings is 1. The van der Waals surface area contributed by atoms with Crippen LogP contribution in [0.4, 0.5) is 0 Å². The van der Waals surface area contributed by atoms with Crippen LogP contribution in [0, 0.1) is 12.3 Å². The number of phenols is 1. The molecule has 0 spiro atoms. The zero-order chi connectivity index (χ0) is 23.8. The first-order valence-corrected chi connectivity index (χ1v) is 10.8. The quantitative estimate of drug-likeness (QED) is 0.622. The van der Waals surface area contributed by atoms with Gasteiger partial charge in [0, 0.05) is 49.4 Å². The second-order valence-electron chi connectivity index (χ2n) is 9.56. The average Bonchev–Trinajstić information content (AvgIpc) is 3.00. The summed E-state index contributed by atoms with van der Waals surface area (Å²) in [5.74, 6) is 0.261. The number of aromatic nitrogens is 1. The molecule has 2 N–H and O–H groups in total. The van der Waals surface area contributed by atoms with E-state index in [2.05, 4.69) is 4.98 Å². The zero-order valence-electron chi connectivity index (χ0n) is 20.2. The maximum Gasteiger partial charge on any atom is 0.219 e. The minimum atomic E-state index is -0.361. The molecule has 2 aromatic rings. The number of aromatic hydroxyl groups is 1. The Morgan fingerprint density at radius 1 is 1.24 bits per heavy atom. The maximum atomic E-state index is 13.2. The molecule has 1 aromatic heterocycles. The number of carbonyl (C=O) groups excluding carboxylic acids is 2. The van der Waals surface area contributed by atoms with Gasteiger partial charge in [0.25, 0.3) is 0 Å². The molecule has 7 nitrogen and oxygen atoms in total. The van der Waals surface area contributed by atoms with Crippen molar-refractivity contribution in [3.05, 3.63) is 57.9 Å². The molecule has 0 unspecified atom stereocenters. The van der Waals surface area contributed by atoms with Gasteiger partial charge in [0.2, 0.25) is 5.91 Å². The Kier molecular flexibility index (Phi) is 7.91. The number of aryl methyl sites for hydroxylation is 1. The molecule has 0 saturated heterocycles. The van der Waals surface area contributed by atoms with Gasteiger partial charge in [-0.2, -0.15) is 0 Å². The summed E-state index contributed by atoms with van der Waals surface area (Å²) < 4.78 is 0. The predicted molar refractivity (Wildman–Crippen MR) is 132 cm³/mol. The first-order valence-electron chi connectivity index (χ1n) is 10.8. The van der Waals surface area contributed by atoms with Crippen LogP contribution < -0.4 is 0 Å². The van der Waals surface area contributed by atoms with E-state index in [1.807, 2.05) is 39.8 Å². The molecule has 0 radical (unpaired) electrons. The highest BCUT2D eigenvalue weighted by Crippen LogP contribution is 2.35. The molecule has 0 saturated carbocycles. The van der Waals surface area contributed by atoms with Crippen LogP contribution in [0.3, 0.4) is 0 Å². The molecule has 178 valence electrons. The first-order chi connectivity index (χ1) is 14.9. The van der Waals surface area contributed by atoms with Crippen LogP contribution in [-0.2, 0) is 23.2 Å². The summed E-state index contributed by atoms with van der Waals surface area (Å²) in [6, 6.07) is 7.34. The number of benzene rings is 1. The lowest BCUT2D eigenvalue weighted by Crippen LogP contribution is -2.31. The number of rotatable bonds is 6. The Morgan fingerprint density at radius 2 is 1.91 bits per heavy atom. The Hall–Kier alpha value is -2.93. The summed E-state index contributed by atoms with van der Waals surface area (Å²) >= 11 is 0. The van der Waals surface area contributed by atoms with Crippen LogP contribution >= 0.6 is 12.4 Å². The molecule has 1 aliphatic heterocycles. The van der Waals surface area contributed by atoms with E-state index in [9.17, 15) is 14.7 Å². The van der Waals surface area contributed by atoms with Gasteiger partial charge in [-0.1, -0.05) is 26.8 Å². The van der Waals surface area contributed by atoms with Gasteiger partial charge in [-0.25, -0.2) is 4.98 Å². The van der Waals surface area contributed by atoms with Crippen molar-refractivity contribution in [3.63, 3.8) is 0 Å². The topological polar surface area (TPSA) is 97.6 Å². The number of fused-ring (bicyclic) bond motifs is 1. The average molecular weight is 473 g/mol. The number of carbonyl (C=O) groups is 2. The fourth-order valence-corrected chi connectivity index (χ4v) is 3.82. The van der Waals surface area contributed by atoms with Crippen LogP contribution in [0.1, 0.15) is 66.1 Å². The predicted octanol–water partition coefficient (Wildman–Crippen LogP) is 3.86. The number of hydrogen-bond donors (Lipinski definition) is 2. The maximum absolute atomic E-state index is 13.2. The summed E-state index contributed by atoms with van der Waals surface area (Å²) in [7, 11) is 1.71. The summed E-state index contributed by atoms with van der Waals surface area (Å²) in [4.78, 5) is 32.6. The molecule has 0 fully saturated rings. The number of nitrogens with zero attached hydrogens (tertiary/aromatic N) is 3. The number of amides is 1. The number of amidine groups is 1. The molecular weight excluding hydrogens is 440 g/mol. The van der Waals surface area contributed by atoms with Gasteiger partial charge in [-0.3, -0.25) is 15.0 Å². The fourth-order valence-electron chi connectivity index (χ4n) is 3.82. The van der Waals surface area contributed by atoms with Gasteiger partial charge in [-0.05, 0) is 42.5 Å². The van der Waals surface area contributed by atoms with Crippen LogP contribution in [0.15, 0.2) is 24.3 Å². The monoisotopic (exact) mass is 472 g/mol. The minimum absolute atomic E-state index is 0. The van der Waals surface area contributed by atoms with Crippen molar-refractivity contribution >= 4 is 29.9 Å². The molecule has 0 atom stereocenters. The Morgan fingerprint density at radius 3 is 2.52 bits per heavy atom. The molecule has 0 bridgehead atoms. The second-order valence-corrected chi connectivity index (χ2v) is 9.56. The lowest BCUT2D eigenvalue weighted by atomic mass is 9.83. The van der Waals surface area contributed by atoms with E-state index in [4.69, 9.17) is 5.41 Å². The fraction of sp³-hybridized carbons (Fsp3) is 0.440. The van der Waals surface area contributed by atoms with Crippen LogP contribution in [-0.4, -0.2) is 57.6 Å². The highest BCUT2D eigenvalue weighted by atomic mass is 35.5. The normalized spacial score (nSPS) is 12.9. The third-order valence-electron chi connectivity index (χ3n) is 5.93. The number of halogens is 1. The molecule has 3 rings (SSSR count). The Bertz CT molecular complexity index is 1090. The molecule has 33 heavy (non-hydrogen) atoms. The summed E-state index contributed by atoms with van der Waals surface area (Å²) in [5, 5.41) is 19.3. The smallest absolute Gasteiger partial charge is 0.219 e. The number of hydrogen-bond acceptors (Lipinski definition) is 5. The van der Waals surface area contributed by atoms with E-state index < -0.39 is 0 Å². The van der Waals surface area contributed by atoms with E-state index in [-0.39, 0.29) is 47.6 Å². The highest BCUT2D eigenvalue weighted by Gasteiger charge is 2.29. The molecular formula is C25H33ClN4O3. The summed E-state index contributed by atoms with van der Waals surface area (Å²) in [6.45, 7) is 10.3. The summed E-state index contributed by atoms with van der Waals surface area (Å²) in [6.07, 6.45) is 0.445. The second kappa shape index (κ2) is 9.91. The van der Waals surface area contributed by atoms with Crippen molar-refractivity contribution in [3.8, 4) is 5.75 Å². The molecule has 1 aliphatic rings. The molecule has 0 aliphatic carbocycles. The number of likely N-dealkylation sites (N-methyl/N-ethyl adjacent to an activating group) is 1. The van der Waals surface area contributed by atoms with Crippen molar-refractivity contribution in [2.45, 2.75) is 53.0 Å². The third-order valence-corrected chi connectivity index (χ3v) is 5.93. The standard InChI is InChI=1S/C25H32N4O3.ClH/c1-15-7-8-18-13-29(24(26)22(18)27-15)14-21(31)19-11-17(9-10-28(6)16(2)30)23(32)20(12-19)25(3,4)5;/h7-8,11-12,26,32H,9-10,13-14H2,1-6H3;1H. The van der Waals surface area contributed by atoms with Crippen molar-refractivity contribution in [2.75, 3.05) is 20.1 Å². The van der Waals surface area contributed by atoms with Crippen molar-refractivity contribution in [1.82, 2.24) is 14.8 Å². The van der Waals surface area contributed by atoms with Crippen LogP contribution in [0.2, 0.25) is 0 Å². The van der Waals surface area contributed by atoms with Gasteiger partial charge in [-0.15, -0.1) is 12.4 Å². The van der Waals surface area contributed by atoms with Crippen LogP contribution in [0.5, 0.6) is 5.75 Å². The summed E-state index contributed by atoms with van der Waals surface area (Å²) in [5.41, 5.74) is 3.90. The highest BCUT2D eigenvalue weighted by molar-refractivity contribution is 6.04. The lowest BCUT2D eigenvalue weighted by Gasteiger charge is -2.24. The van der Waals surface area contributed by atoms with Gasteiger partial charge >= 0.3 is 0 Å². The van der Waals surface area contributed by atoms with Crippen molar-refractivity contribution in [1.29, 1.82) is 5.41 Å². The van der Waals surface area contributed by atoms with E-state index in [1.54, 1.807) is 29.0 Å². The number of phenolic OH excluding ortho intramolecular Hbond substituents is 1. The van der Waals surface area contributed by atoms with Gasteiger partial charge in [0.1, 0.15) is 17.3 Å². The van der Waals surface area contributed by atoms with Crippen molar-refractivity contribution in [2.24, 2.45) is 0 Å². The zero-order valence-corrected chi connectivity index (χ0v) is 21.0. The molecule has 1 aromatic carbocycles. The number of ketones is 1. The van der Waals surface area contributed by atoms with Crippen LogP contribution in [0.25, 0.3) is 0 Å². The van der Waals surface area contributed by atoms with E-state index in [0.29, 0.717) is 41.9 Å². The number of Topliss-reactive ketones (excluding diaryl/α,β-unsaturated/α-hetero) is 1. The SMILES string of the molecule is CC(=O)N(C)CCc1cc(C(=O)CN2Cc3ccc(C)nc3C2=N)cc(C(C)(C)C)c1O.Cl. The van der Waals surface area contributed by atoms with E-state index >= 15 is 0 Å². The molecule has 8 heteroatoms. The van der Waals surface area contributed by atoms with Crippen molar-refractivity contribution < 1.29 is 14.7 Å². The van der Waals surface area contributed by atoms with E-state index in [0.717, 1.165) is 11.3 Å². The lowest BCUT2D eigenvalue weighted by molar-refractivity contribution is -0.127. The number of nitrogens with one attached hydrogen (secondary N) is 1. The Balaban J connectivity index is 0.00000385. The van der Waals surface area contributed by atoms with Gasteiger partial charge < -0.3 is 14.9 Å². The largest absolute Gasteiger partial charge is 0.507 e. The third kappa shape index (κ3) is 5.71.